The Morgan fingerprint density at radius 2 is 2.00 bits per heavy atom. The summed E-state index contributed by atoms with van der Waals surface area (Å²) >= 11 is 3.44. The van der Waals surface area contributed by atoms with Crippen LogP contribution in [-0.4, -0.2) is 23.1 Å². The summed E-state index contributed by atoms with van der Waals surface area (Å²) in [5.74, 6) is -1.33. The summed E-state index contributed by atoms with van der Waals surface area (Å²) in [5.41, 5.74) is 2.77. The highest BCUT2D eigenvalue weighted by molar-refractivity contribution is 9.10. The molecule has 3 N–H and O–H groups in total. The summed E-state index contributed by atoms with van der Waals surface area (Å²) in [5, 5.41) is 14.7. The van der Waals surface area contributed by atoms with Crippen molar-refractivity contribution in [1.29, 1.82) is 0 Å². The van der Waals surface area contributed by atoms with Gasteiger partial charge in [-0.05, 0) is 59.8 Å². The molecule has 5 nitrogen and oxygen atoms in total. The van der Waals surface area contributed by atoms with Crippen LogP contribution in [0.1, 0.15) is 30.4 Å². The molecular weight excluding hydrogens is 336 g/mol. The van der Waals surface area contributed by atoms with Gasteiger partial charge in [-0.15, -0.1) is 0 Å². The first-order chi connectivity index (χ1) is 9.88. The van der Waals surface area contributed by atoms with Crippen LogP contribution in [0.3, 0.4) is 0 Å². The highest BCUT2D eigenvalue weighted by Gasteiger charge is 2.33. The number of halogens is 1. The van der Waals surface area contributed by atoms with E-state index in [4.69, 9.17) is 5.11 Å². The molecular formula is C15H19BrN2O3. The van der Waals surface area contributed by atoms with Gasteiger partial charge in [0.25, 0.3) is 0 Å². The molecule has 0 bridgehead atoms. The second-order valence-corrected chi connectivity index (χ2v) is 6.37. The second-order valence-electron chi connectivity index (χ2n) is 5.52. The smallest absolute Gasteiger partial charge is 0.319 e. The number of carboxylic acid groups (broad SMARTS) is 1. The van der Waals surface area contributed by atoms with Crippen molar-refractivity contribution in [2.24, 2.45) is 5.92 Å². The summed E-state index contributed by atoms with van der Waals surface area (Å²) in [7, 11) is 0. The number of amides is 2. The average molecular weight is 355 g/mol. The van der Waals surface area contributed by atoms with Crippen LogP contribution in [-0.2, 0) is 4.79 Å². The van der Waals surface area contributed by atoms with Crippen LogP contribution >= 0.6 is 15.9 Å². The number of carboxylic acids is 1. The van der Waals surface area contributed by atoms with Crippen molar-refractivity contribution in [3.8, 4) is 0 Å². The van der Waals surface area contributed by atoms with Crippen molar-refractivity contribution < 1.29 is 14.7 Å². The van der Waals surface area contributed by atoms with E-state index >= 15 is 0 Å². The maximum absolute atomic E-state index is 12.1. The molecule has 21 heavy (non-hydrogen) atoms. The molecule has 2 rings (SSSR count). The van der Waals surface area contributed by atoms with E-state index in [9.17, 15) is 9.59 Å². The van der Waals surface area contributed by atoms with Gasteiger partial charge >= 0.3 is 12.0 Å². The minimum Gasteiger partial charge on any atom is -0.481 e. The Labute approximate surface area is 132 Å². The molecule has 1 aliphatic rings. The second kappa shape index (κ2) is 6.47. The number of hydrogen-bond donors (Lipinski definition) is 3. The van der Waals surface area contributed by atoms with E-state index in [1.54, 1.807) is 0 Å². The van der Waals surface area contributed by atoms with Crippen LogP contribution in [0.5, 0.6) is 0 Å². The number of hydrogen-bond acceptors (Lipinski definition) is 2. The van der Waals surface area contributed by atoms with Crippen LogP contribution in [0.2, 0.25) is 0 Å². The van der Waals surface area contributed by atoms with E-state index in [-0.39, 0.29) is 12.1 Å². The van der Waals surface area contributed by atoms with Crippen LogP contribution in [0, 0.1) is 19.8 Å². The first-order valence-electron chi connectivity index (χ1n) is 6.95. The van der Waals surface area contributed by atoms with Crippen LogP contribution in [0.4, 0.5) is 10.5 Å². The van der Waals surface area contributed by atoms with Crippen LogP contribution in [0.15, 0.2) is 16.6 Å². The lowest BCUT2D eigenvalue weighted by Crippen LogP contribution is -2.42. The van der Waals surface area contributed by atoms with Gasteiger partial charge in [0.2, 0.25) is 0 Å². The maximum atomic E-state index is 12.1. The predicted molar refractivity (Wildman–Crippen MR) is 84.5 cm³/mol. The van der Waals surface area contributed by atoms with Gasteiger partial charge in [0.15, 0.2) is 0 Å². The molecule has 2 amide bonds. The monoisotopic (exact) mass is 354 g/mol. The summed E-state index contributed by atoms with van der Waals surface area (Å²) in [4.78, 5) is 23.2. The van der Waals surface area contributed by atoms with Crippen molar-refractivity contribution in [2.45, 2.75) is 39.2 Å². The van der Waals surface area contributed by atoms with Gasteiger partial charge in [-0.3, -0.25) is 4.79 Å². The number of urea groups is 1. The molecule has 0 spiro atoms. The molecule has 1 aromatic carbocycles. The molecule has 114 valence electrons. The quantitative estimate of drug-likeness (QED) is 0.777. The average Bonchev–Trinajstić information content (AvgIpc) is 2.82. The highest BCUT2D eigenvalue weighted by atomic mass is 79.9. The fourth-order valence-electron chi connectivity index (χ4n) is 2.82. The van der Waals surface area contributed by atoms with Crippen molar-refractivity contribution in [1.82, 2.24) is 5.32 Å². The summed E-state index contributed by atoms with van der Waals surface area (Å²) < 4.78 is 0.816. The Bertz CT molecular complexity index is 551. The third-order valence-electron chi connectivity index (χ3n) is 3.82. The summed E-state index contributed by atoms with van der Waals surface area (Å²) in [6, 6.07) is 3.25. The van der Waals surface area contributed by atoms with Gasteiger partial charge < -0.3 is 15.7 Å². The van der Waals surface area contributed by atoms with E-state index < -0.39 is 11.9 Å². The normalized spacial score (nSPS) is 21.1. The fourth-order valence-corrected chi connectivity index (χ4v) is 3.59. The lowest BCUT2D eigenvalue weighted by atomic mass is 10.0. The van der Waals surface area contributed by atoms with Gasteiger partial charge in [-0.25, -0.2) is 4.79 Å². The number of carbonyl (C=O) groups is 2. The Morgan fingerprint density at radius 3 is 2.62 bits per heavy atom. The van der Waals surface area contributed by atoms with E-state index in [2.05, 4.69) is 26.6 Å². The molecule has 0 saturated heterocycles. The Morgan fingerprint density at radius 1 is 1.29 bits per heavy atom. The van der Waals surface area contributed by atoms with Gasteiger partial charge in [0, 0.05) is 10.5 Å². The third-order valence-corrected chi connectivity index (χ3v) is 4.45. The van der Waals surface area contributed by atoms with Crippen molar-refractivity contribution in [3.63, 3.8) is 0 Å². The number of aryl methyl sites for hydroxylation is 2. The number of aliphatic carboxylic acids is 1. The summed E-state index contributed by atoms with van der Waals surface area (Å²) in [6.45, 7) is 3.90. The lowest BCUT2D eigenvalue weighted by molar-refractivity contribution is -0.142. The molecule has 1 saturated carbocycles. The van der Waals surface area contributed by atoms with Gasteiger partial charge in [0.05, 0.1) is 11.6 Å². The molecule has 0 aliphatic heterocycles. The number of rotatable bonds is 3. The number of anilines is 1. The Balaban J connectivity index is 2.04. The third kappa shape index (κ3) is 3.75. The van der Waals surface area contributed by atoms with Gasteiger partial charge in [0.1, 0.15) is 0 Å². The first kappa shape index (κ1) is 15.8. The molecule has 1 aromatic rings. The SMILES string of the molecule is Cc1cc(C)c(NC(=O)NC2CCCC2C(=O)O)c(Br)c1. The first-order valence-corrected chi connectivity index (χ1v) is 7.75. The van der Waals surface area contributed by atoms with Crippen LogP contribution < -0.4 is 10.6 Å². The predicted octanol–water partition coefficient (Wildman–Crippen LogP) is 3.44. The Kier molecular flexibility index (Phi) is 4.88. The molecule has 2 unspecified atom stereocenters. The van der Waals surface area contributed by atoms with E-state index in [1.807, 2.05) is 26.0 Å². The van der Waals surface area contributed by atoms with E-state index in [0.29, 0.717) is 18.5 Å². The molecule has 2 atom stereocenters. The zero-order chi connectivity index (χ0) is 15.6. The van der Waals surface area contributed by atoms with E-state index in [1.165, 1.54) is 0 Å². The van der Waals surface area contributed by atoms with Crippen molar-refractivity contribution in [2.75, 3.05) is 5.32 Å². The fraction of sp³-hybridized carbons (Fsp3) is 0.467. The minimum atomic E-state index is -0.842. The zero-order valence-corrected chi connectivity index (χ0v) is 13.7. The molecule has 0 heterocycles. The van der Waals surface area contributed by atoms with Gasteiger partial charge in [-0.1, -0.05) is 12.5 Å². The molecule has 0 aromatic heterocycles. The maximum Gasteiger partial charge on any atom is 0.319 e. The van der Waals surface area contributed by atoms with Crippen molar-refractivity contribution >= 4 is 33.6 Å². The largest absolute Gasteiger partial charge is 0.481 e. The van der Waals surface area contributed by atoms with Crippen LogP contribution in [0.25, 0.3) is 0 Å². The standard InChI is InChI=1S/C15H19BrN2O3/c1-8-6-9(2)13(11(16)7-8)18-15(21)17-12-5-3-4-10(12)14(19)20/h6-7,10,12H,3-5H2,1-2H3,(H,19,20)(H2,17,18,21). The molecule has 0 radical (unpaired) electrons. The van der Waals surface area contributed by atoms with Crippen molar-refractivity contribution in [3.05, 3.63) is 27.7 Å². The Hall–Kier alpha value is -1.56. The molecule has 6 heteroatoms. The zero-order valence-electron chi connectivity index (χ0n) is 12.1. The topological polar surface area (TPSA) is 78.4 Å². The minimum absolute atomic E-state index is 0.299. The van der Waals surface area contributed by atoms with Gasteiger partial charge in [-0.2, -0.15) is 0 Å². The number of carbonyl (C=O) groups excluding carboxylic acids is 1. The van der Waals surface area contributed by atoms with E-state index in [0.717, 1.165) is 22.0 Å². The highest BCUT2D eigenvalue weighted by Crippen LogP contribution is 2.29. The number of benzene rings is 1. The molecule has 1 fully saturated rings. The lowest BCUT2D eigenvalue weighted by Gasteiger charge is -2.19. The summed E-state index contributed by atoms with van der Waals surface area (Å²) in [6.07, 6.45) is 2.15. The number of nitrogens with one attached hydrogen (secondary N) is 2. The molecule has 1 aliphatic carbocycles.